The summed E-state index contributed by atoms with van der Waals surface area (Å²) < 4.78 is 46.8. The van der Waals surface area contributed by atoms with Crippen molar-refractivity contribution >= 4 is 43.2 Å². The van der Waals surface area contributed by atoms with Gasteiger partial charge in [-0.25, -0.2) is 18.4 Å². The van der Waals surface area contributed by atoms with Crippen LogP contribution in [0.1, 0.15) is 20.8 Å². The predicted molar refractivity (Wildman–Crippen MR) is 165 cm³/mol. The molecule has 0 bridgehead atoms. The first-order valence-electron chi connectivity index (χ1n) is 13.1. The SMILES string of the molecule is CCS(=O)c1ccc(-c2cc3cc(-c4cnc(OC(C)C)c(NS(=O)(=O)c5ccccc5)c4)ccc3nc2N)cc1. The first-order valence-corrected chi connectivity index (χ1v) is 15.9. The molecule has 1 unspecified atom stereocenters. The van der Waals surface area contributed by atoms with E-state index in [4.69, 9.17) is 10.5 Å². The Morgan fingerprint density at radius 1 is 0.927 bits per heavy atom. The summed E-state index contributed by atoms with van der Waals surface area (Å²) in [6.07, 6.45) is 1.44. The minimum atomic E-state index is -3.87. The molecule has 0 amide bonds. The number of hydrogen-bond acceptors (Lipinski definition) is 7. The molecule has 0 saturated heterocycles. The molecule has 1 atom stereocenters. The summed E-state index contributed by atoms with van der Waals surface area (Å²) in [4.78, 5) is 9.95. The topological polar surface area (TPSA) is 124 Å². The second-order valence-electron chi connectivity index (χ2n) is 9.65. The van der Waals surface area contributed by atoms with Crippen LogP contribution < -0.4 is 15.2 Å². The number of pyridine rings is 2. The van der Waals surface area contributed by atoms with E-state index in [1.54, 1.807) is 30.5 Å². The standard InChI is InChI=1S/C31H30N4O4S2/c1-4-40(36)25-13-10-21(11-14-25)27-17-23-16-22(12-15-28(23)34-30(27)32)24-18-29(31(33-19-24)39-20(2)3)35-41(37,38)26-8-6-5-7-9-26/h5-20,35H,4H2,1-3H3,(H2,32,34). The van der Waals surface area contributed by atoms with E-state index < -0.39 is 20.8 Å². The number of nitrogens with one attached hydrogen (secondary N) is 1. The van der Waals surface area contributed by atoms with Crippen molar-refractivity contribution in [2.45, 2.75) is 36.7 Å². The van der Waals surface area contributed by atoms with E-state index in [9.17, 15) is 12.6 Å². The molecule has 5 aromatic rings. The van der Waals surface area contributed by atoms with Crippen molar-refractivity contribution in [1.29, 1.82) is 0 Å². The Morgan fingerprint density at radius 3 is 2.32 bits per heavy atom. The lowest BCUT2D eigenvalue weighted by atomic mass is 10.0. The number of nitrogens with two attached hydrogens (primary N) is 1. The van der Waals surface area contributed by atoms with E-state index in [0.717, 1.165) is 32.5 Å². The maximum absolute atomic E-state index is 13.1. The van der Waals surface area contributed by atoms with Crippen LogP contribution in [0.25, 0.3) is 33.2 Å². The van der Waals surface area contributed by atoms with Gasteiger partial charge in [0.2, 0.25) is 5.88 Å². The van der Waals surface area contributed by atoms with E-state index in [2.05, 4.69) is 14.7 Å². The minimum absolute atomic E-state index is 0.136. The van der Waals surface area contributed by atoms with E-state index >= 15 is 0 Å². The summed E-state index contributed by atoms with van der Waals surface area (Å²) in [5.74, 6) is 1.13. The van der Waals surface area contributed by atoms with Crippen LogP contribution in [0.3, 0.4) is 0 Å². The summed E-state index contributed by atoms with van der Waals surface area (Å²) in [7, 11) is -4.91. The largest absolute Gasteiger partial charge is 0.473 e. The third-order valence-corrected chi connectivity index (χ3v) is 9.07. The van der Waals surface area contributed by atoms with E-state index in [1.807, 2.05) is 69.3 Å². The molecule has 0 radical (unpaired) electrons. The van der Waals surface area contributed by atoms with Gasteiger partial charge in [-0.3, -0.25) is 8.93 Å². The van der Waals surface area contributed by atoms with Gasteiger partial charge in [0.05, 0.1) is 27.3 Å². The maximum atomic E-state index is 13.1. The highest BCUT2D eigenvalue weighted by Gasteiger charge is 2.19. The van der Waals surface area contributed by atoms with E-state index in [1.165, 1.54) is 12.1 Å². The van der Waals surface area contributed by atoms with Gasteiger partial charge < -0.3 is 10.5 Å². The molecule has 41 heavy (non-hydrogen) atoms. The molecule has 0 fully saturated rings. The Balaban J connectivity index is 1.54. The molecule has 0 spiro atoms. The number of aromatic nitrogens is 2. The van der Waals surface area contributed by atoms with Gasteiger partial charge in [-0.2, -0.15) is 0 Å². The molecule has 0 aliphatic rings. The summed E-state index contributed by atoms with van der Waals surface area (Å²) >= 11 is 0. The summed E-state index contributed by atoms with van der Waals surface area (Å²) in [5, 5.41) is 0.849. The number of ether oxygens (including phenoxy) is 1. The lowest BCUT2D eigenvalue weighted by Gasteiger charge is -2.16. The van der Waals surface area contributed by atoms with Gasteiger partial charge in [-0.15, -0.1) is 0 Å². The van der Waals surface area contributed by atoms with Crippen LogP contribution in [-0.2, 0) is 20.8 Å². The van der Waals surface area contributed by atoms with Crippen LogP contribution in [0.15, 0.2) is 101 Å². The molecule has 5 rings (SSSR count). The van der Waals surface area contributed by atoms with Crippen molar-refractivity contribution in [3.8, 4) is 28.1 Å². The highest BCUT2D eigenvalue weighted by molar-refractivity contribution is 7.92. The first-order chi connectivity index (χ1) is 19.6. The second kappa shape index (κ2) is 11.7. The van der Waals surface area contributed by atoms with Crippen molar-refractivity contribution in [2.24, 2.45) is 0 Å². The molecule has 0 aliphatic heterocycles. The number of nitrogens with zero attached hydrogens (tertiary/aromatic N) is 2. The molecular weight excluding hydrogens is 556 g/mol. The number of sulfonamides is 1. The number of rotatable bonds is 9. The van der Waals surface area contributed by atoms with Crippen molar-refractivity contribution < 1.29 is 17.4 Å². The molecule has 3 aromatic carbocycles. The average molecular weight is 587 g/mol. The zero-order valence-corrected chi connectivity index (χ0v) is 24.5. The van der Waals surface area contributed by atoms with Gasteiger partial charge in [-0.05, 0) is 73.5 Å². The zero-order chi connectivity index (χ0) is 29.1. The predicted octanol–water partition coefficient (Wildman–Crippen LogP) is 6.26. The van der Waals surface area contributed by atoms with Gasteiger partial charge in [0, 0.05) is 33.4 Å². The lowest BCUT2D eigenvalue weighted by Crippen LogP contribution is -2.16. The Labute approximate surface area is 242 Å². The van der Waals surface area contributed by atoms with Gasteiger partial charge in [0.15, 0.2) is 0 Å². The zero-order valence-electron chi connectivity index (χ0n) is 22.9. The van der Waals surface area contributed by atoms with E-state index in [-0.39, 0.29) is 22.6 Å². The highest BCUT2D eigenvalue weighted by Crippen LogP contribution is 2.34. The Hall–Kier alpha value is -4.28. The van der Waals surface area contributed by atoms with Crippen LogP contribution in [0.2, 0.25) is 0 Å². The fraction of sp³-hybridized carbons (Fsp3) is 0.161. The number of fused-ring (bicyclic) bond motifs is 1. The number of hydrogen-bond donors (Lipinski definition) is 2. The van der Waals surface area contributed by atoms with Crippen LogP contribution in [-0.4, -0.2) is 34.5 Å². The molecule has 210 valence electrons. The van der Waals surface area contributed by atoms with Gasteiger partial charge in [0.1, 0.15) is 11.5 Å². The first kappa shape index (κ1) is 28.3. The Morgan fingerprint density at radius 2 is 1.63 bits per heavy atom. The molecule has 2 heterocycles. The Kier molecular flexibility index (Phi) is 8.05. The fourth-order valence-corrected chi connectivity index (χ4v) is 6.20. The van der Waals surface area contributed by atoms with Gasteiger partial charge in [0.25, 0.3) is 10.0 Å². The third kappa shape index (κ3) is 6.23. The molecule has 8 nitrogen and oxygen atoms in total. The summed E-state index contributed by atoms with van der Waals surface area (Å²) in [5.41, 5.74) is 10.4. The fourth-order valence-electron chi connectivity index (χ4n) is 4.36. The monoisotopic (exact) mass is 586 g/mol. The summed E-state index contributed by atoms with van der Waals surface area (Å²) in [6, 6.07) is 25.0. The van der Waals surface area contributed by atoms with Crippen molar-refractivity contribution in [2.75, 3.05) is 16.2 Å². The maximum Gasteiger partial charge on any atom is 0.262 e. The lowest BCUT2D eigenvalue weighted by molar-refractivity contribution is 0.234. The number of anilines is 2. The third-order valence-electron chi connectivity index (χ3n) is 6.36. The number of nitrogen functional groups attached to an aromatic ring is 1. The van der Waals surface area contributed by atoms with Crippen LogP contribution in [0.5, 0.6) is 5.88 Å². The van der Waals surface area contributed by atoms with Crippen LogP contribution >= 0.6 is 0 Å². The van der Waals surface area contributed by atoms with Crippen molar-refractivity contribution in [3.05, 3.63) is 91.1 Å². The Bertz CT molecular complexity index is 1840. The molecule has 10 heteroatoms. The molecule has 0 aliphatic carbocycles. The smallest absolute Gasteiger partial charge is 0.262 e. The molecular formula is C31H30N4O4S2. The minimum Gasteiger partial charge on any atom is -0.473 e. The molecule has 2 aromatic heterocycles. The van der Waals surface area contributed by atoms with Gasteiger partial charge >= 0.3 is 0 Å². The molecule has 3 N–H and O–H groups in total. The van der Waals surface area contributed by atoms with Crippen LogP contribution in [0, 0.1) is 0 Å². The van der Waals surface area contributed by atoms with Crippen molar-refractivity contribution in [1.82, 2.24) is 9.97 Å². The molecule has 0 saturated carbocycles. The van der Waals surface area contributed by atoms with E-state index in [0.29, 0.717) is 17.1 Å². The van der Waals surface area contributed by atoms with Crippen molar-refractivity contribution in [3.63, 3.8) is 0 Å². The normalized spacial score (nSPS) is 12.4. The van der Waals surface area contributed by atoms with Crippen LogP contribution in [0.4, 0.5) is 11.5 Å². The average Bonchev–Trinajstić information content (AvgIpc) is 2.97. The second-order valence-corrected chi connectivity index (χ2v) is 13.1. The number of benzene rings is 3. The quantitative estimate of drug-likeness (QED) is 0.209. The summed E-state index contributed by atoms with van der Waals surface area (Å²) in [6.45, 7) is 5.58. The highest BCUT2D eigenvalue weighted by atomic mass is 32.2. The van der Waals surface area contributed by atoms with Gasteiger partial charge in [-0.1, -0.05) is 43.3 Å².